The Morgan fingerprint density at radius 2 is 1.80 bits per heavy atom. The molecule has 1 amide bonds. The lowest BCUT2D eigenvalue weighted by Crippen LogP contribution is -2.06. The van der Waals surface area contributed by atoms with Crippen molar-refractivity contribution in [3.05, 3.63) is 42.0 Å². The van der Waals surface area contributed by atoms with E-state index in [2.05, 4.69) is 0 Å². The van der Waals surface area contributed by atoms with Gasteiger partial charge in [-0.2, -0.15) is 0 Å². The molecule has 0 aliphatic carbocycles. The lowest BCUT2D eigenvalue weighted by molar-refractivity contribution is -0.113. The van der Waals surface area contributed by atoms with Crippen molar-refractivity contribution in [2.75, 3.05) is 7.11 Å². The Bertz CT molecular complexity index is 393. The second-order valence-corrected chi connectivity index (χ2v) is 2.83. The number of benzene rings is 1. The molecular weight excluding hydrogens is 194 g/mol. The van der Waals surface area contributed by atoms with Gasteiger partial charge in [-0.15, -0.1) is 0 Å². The van der Waals surface area contributed by atoms with E-state index in [1.165, 1.54) is 0 Å². The van der Waals surface area contributed by atoms with E-state index in [1.807, 2.05) is 0 Å². The molecule has 0 aliphatic rings. The molecule has 78 valence electrons. The van der Waals surface area contributed by atoms with E-state index in [9.17, 15) is 9.59 Å². The third-order valence-corrected chi connectivity index (χ3v) is 1.77. The fourth-order valence-corrected chi connectivity index (χ4v) is 1.01. The summed E-state index contributed by atoms with van der Waals surface area (Å²) in [5.41, 5.74) is 5.35. The molecule has 1 aromatic rings. The van der Waals surface area contributed by atoms with E-state index >= 15 is 0 Å². The van der Waals surface area contributed by atoms with E-state index in [-0.39, 0.29) is 5.78 Å². The average Bonchev–Trinajstić information content (AvgIpc) is 2.26. The second-order valence-electron chi connectivity index (χ2n) is 2.83. The number of amides is 1. The van der Waals surface area contributed by atoms with Crippen molar-refractivity contribution in [2.24, 2.45) is 5.73 Å². The molecule has 0 radical (unpaired) electrons. The Kier molecular flexibility index (Phi) is 3.62. The highest BCUT2D eigenvalue weighted by Gasteiger charge is 2.01. The first-order chi connectivity index (χ1) is 7.13. The van der Waals surface area contributed by atoms with Crippen LogP contribution >= 0.6 is 0 Å². The largest absolute Gasteiger partial charge is 0.497 e. The van der Waals surface area contributed by atoms with Gasteiger partial charge in [0.05, 0.1) is 7.11 Å². The number of hydrogen-bond donors (Lipinski definition) is 1. The summed E-state index contributed by atoms with van der Waals surface area (Å²) in [6.07, 6.45) is 2.18. The molecule has 0 heterocycles. The van der Waals surface area contributed by atoms with Crippen LogP contribution in [0.4, 0.5) is 0 Å². The molecular formula is C11H11NO3. The molecule has 4 heteroatoms. The molecule has 0 atom stereocenters. The Balaban J connectivity index is 2.79. The average molecular weight is 205 g/mol. The Labute approximate surface area is 87.3 Å². The quantitative estimate of drug-likeness (QED) is 0.587. The van der Waals surface area contributed by atoms with Crippen molar-refractivity contribution in [2.45, 2.75) is 0 Å². The number of primary amides is 1. The topological polar surface area (TPSA) is 69.4 Å². The van der Waals surface area contributed by atoms with Crippen molar-refractivity contribution in [3.8, 4) is 5.75 Å². The Hall–Kier alpha value is -2.10. The Morgan fingerprint density at radius 3 is 2.27 bits per heavy atom. The normalized spacial score (nSPS) is 10.2. The molecule has 0 unspecified atom stereocenters. The molecule has 0 aromatic heterocycles. The minimum Gasteiger partial charge on any atom is -0.497 e. The summed E-state index contributed by atoms with van der Waals surface area (Å²) in [7, 11) is 1.55. The van der Waals surface area contributed by atoms with Gasteiger partial charge in [0.15, 0.2) is 5.78 Å². The number of hydrogen-bond acceptors (Lipinski definition) is 3. The number of methoxy groups -OCH3 is 1. The number of rotatable bonds is 4. The second kappa shape index (κ2) is 4.95. The van der Waals surface area contributed by atoms with Crippen LogP contribution < -0.4 is 10.5 Å². The summed E-state index contributed by atoms with van der Waals surface area (Å²) in [6.45, 7) is 0. The van der Waals surface area contributed by atoms with E-state index in [0.717, 1.165) is 12.2 Å². The first-order valence-electron chi connectivity index (χ1n) is 4.29. The standard InChI is InChI=1S/C11H11NO3/c1-15-9-4-2-8(3-5-9)10(13)6-7-11(12)14/h2-7H,1H3,(H2,12,14)/b7-6+. The Morgan fingerprint density at radius 1 is 1.20 bits per heavy atom. The van der Waals surface area contributed by atoms with Crippen LogP contribution in [0.2, 0.25) is 0 Å². The van der Waals surface area contributed by atoms with Crippen molar-refractivity contribution >= 4 is 11.7 Å². The highest BCUT2D eigenvalue weighted by molar-refractivity contribution is 6.07. The van der Waals surface area contributed by atoms with Gasteiger partial charge in [-0.1, -0.05) is 0 Å². The molecule has 1 rings (SSSR count). The van der Waals surface area contributed by atoms with Crippen molar-refractivity contribution in [1.29, 1.82) is 0 Å². The first-order valence-corrected chi connectivity index (χ1v) is 4.29. The van der Waals surface area contributed by atoms with E-state index in [0.29, 0.717) is 11.3 Å². The van der Waals surface area contributed by atoms with Crippen molar-refractivity contribution in [1.82, 2.24) is 0 Å². The molecule has 0 fully saturated rings. The van der Waals surface area contributed by atoms with Gasteiger partial charge < -0.3 is 10.5 Å². The zero-order chi connectivity index (χ0) is 11.3. The molecule has 0 aliphatic heterocycles. The van der Waals surface area contributed by atoms with Crippen LogP contribution in [0, 0.1) is 0 Å². The van der Waals surface area contributed by atoms with E-state index in [1.54, 1.807) is 31.4 Å². The van der Waals surface area contributed by atoms with Gasteiger partial charge in [0.1, 0.15) is 5.75 Å². The summed E-state index contributed by atoms with van der Waals surface area (Å²) in [5.74, 6) is -0.237. The smallest absolute Gasteiger partial charge is 0.241 e. The van der Waals surface area contributed by atoms with Gasteiger partial charge in [-0.25, -0.2) is 0 Å². The monoisotopic (exact) mass is 205 g/mol. The summed E-state index contributed by atoms with van der Waals surface area (Å²) in [4.78, 5) is 21.8. The number of carbonyl (C=O) groups is 2. The summed E-state index contributed by atoms with van der Waals surface area (Å²) in [6, 6.07) is 6.58. The minimum atomic E-state index is -0.642. The summed E-state index contributed by atoms with van der Waals surface area (Å²) < 4.78 is 4.94. The lowest BCUT2D eigenvalue weighted by atomic mass is 10.1. The fraction of sp³-hybridized carbons (Fsp3) is 0.0909. The van der Waals surface area contributed by atoms with Crippen molar-refractivity contribution < 1.29 is 14.3 Å². The van der Waals surface area contributed by atoms with Gasteiger partial charge in [-0.3, -0.25) is 9.59 Å². The predicted octanol–water partition coefficient (Wildman–Crippen LogP) is 0.919. The zero-order valence-electron chi connectivity index (χ0n) is 8.27. The maximum atomic E-state index is 11.4. The lowest BCUT2D eigenvalue weighted by Gasteiger charge is -1.99. The SMILES string of the molecule is COc1ccc(C(=O)/C=C/C(N)=O)cc1. The fourth-order valence-electron chi connectivity index (χ4n) is 1.01. The van der Waals surface area contributed by atoms with Crippen LogP contribution in [0.1, 0.15) is 10.4 Å². The van der Waals surface area contributed by atoms with Gasteiger partial charge in [-0.05, 0) is 30.3 Å². The van der Waals surface area contributed by atoms with Gasteiger partial charge >= 0.3 is 0 Å². The number of ether oxygens (including phenoxy) is 1. The number of ketones is 1. The van der Waals surface area contributed by atoms with Crippen LogP contribution in [0.25, 0.3) is 0 Å². The first kappa shape index (κ1) is 11.0. The summed E-state index contributed by atoms with van der Waals surface area (Å²) in [5, 5.41) is 0. The molecule has 0 saturated heterocycles. The van der Waals surface area contributed by atoms with Gasteiger partial charge in [0.2, 0.25) is 5.91 Å². The van der Waals surface area contributed by atoms with Crippen LogP contribution in [-0.4, -0.2) is 18.8 Å². The summed E-state index contributed by atoms with van der Waals surface area (Å²) >= 11 is 0. The molecule has 15 heavy (non-hydrogen) atoms. The third kappa shape index (κ3) is 3.27. The van der Waals surface area contributed by atoms with Crippen LogP contribution in [0.15, 0.2) is 36.4 Å². The van der Waals surface area contributed by atoms with Crippen LogP contribution in [-0.2, 0) is 4.79 Å². The maximum absolute atomic E-state index is 11.4. The van der Waals surface area contributed by atoms with Gasteiger partial charge in [0, 0.05) is 11.6 Å². The molecule has 4 nitrogen and oxygen atoms in total. The zero-order valence-corrected chi connectivity index (χ0v) is 8.27. The van der Waals surface area contributed by atoms with Crippen molar-refractivity contribution in [3.63, 3.8) is 0 Å². The van der Waals surface area contributed by atoms with Crippen LogP contribution in [0.5, 0.6) is 5.75 Å². The predicted molar refractivity (Wildman–Crippen MR) is 55.7 cm³/mol. The number of carbonyl (C=O) groups excluding carboxylic acids is 2. The molecule has 0 saturated carbocycles. The highest BCUT2D eigenvalue weighted by atomic mass is 16.5. The van der Waals surface area contributed by atoms with Gasteiger partial charge in [0.25, 0.3) is 0 Å². The molecule has 1 aromatic carbocycles. The molecule has 0 spiro atoms. The molecule has 0 bridgehead atoms. The number of nitrogens with two attached hydrogens (primary N) is 1. The number of allylic oxidation sites excluding steroid dienone is 1. The molecule has 2 N–H and O–H groups in total. The highest BCUT2D eigenvalue weighted by Crippen LogP contribution is 2.11. The van der Waals surface area contributed by atoms with E-state index < -0.39 is 5.91 Å². The maximum Gasteiger partial charge on any atom is 0.241 e. The van der Waals surface area contributed by atoms with Crippen LogP contribution in [0.3, 0.4) is 0 Å². The third-order valence-electron chi connectivity index (χ3n) is 1.77. The van der Waals surface area contributed by atoms with E-state index in [4.69, 9.17) is 10.5 Å². The minimum absolute atomic E-state index is 0.267.